The molecular weight excluding hydrogens is 362 g/mol. The Morgan fingerprint density at radius 3 is 2.56 bits per heavy atom. The van der Waals surface area contributed by atoms with Crippen LogP contribution in [0.4, 0.5) is 10.7 Å². The van der Waals surface area contributed by atoms with Gasteiger partial charge in [-0.05, 0) is 48.3 Å². The van der Waals surface area contributed by atoms with Crippen LogP contribution in [0.1, 0.15) is 53.6 Å². The molecule has 1 amide bonds. The van der Waals surface area contributed by atoms with E-state index in [1.807, 2.05) is 0 Å². The fourth-order valence-corrected chi connectivity index (χ4v) is 4.71. The van der Waals surface area contributed by atoms with E-state index in [4.69, 9.17) is 0 Å². The third-order valence-corrected chi connectivity index (χ3v) is 6.34. The molecule has 1 heterocycles. The van der Waals surface area contributed by atoms with Gasteiger partial charge in [0.1, 0.15) is 11.1 Å². The molecule has 1 aromatic carbocycles. The summed E-state index contributed by atoms with van der Waals surface area (Å²) < 4.78 is 0. The van der Waals surface area contributed by atoms with Crippen molar-refractivity contribution in [1.82, 2.24) is 0 Å². The van der Waals surface area contributed by atoms with Crippen LogP contribution in [-0.2, 0) is 12.8 Å². The lowest BCUT2D eigenvalue weighted by Crippen LogP contribution is -2.26. The maximum atomic E-state index is 12.5. The fraction of sp³-hybridized carbons (Fsp3) is 0.400. The average molecular weight is 383 g/mol. The maximum absolute atomic E-state index is 12.5. The number of nitro benzene ring substituents is 1. The van der Waals surface area contributed by atoms with Gasteiger partial charge in [-0.25, -0.2) is 0 Å². The normalized spacial score (nSPS) is 16.3. The number of carbonyl (C=O) groups is 1. The summed E-state index contributed by atoms with van der Waals surface area (Å²) in [7, 11) is 0. The number of carbonyl (C=O) groups excluding carboxylic acids is 1. The predicted octanol–water partition coefficient (Wildman–Crippen LogP) is 4.93. The average Bonchev–Trinajstić information content (AvgIpc) is 2.97. The van der Waals surface area contributed by atoms with Crippen LogP contribution in [0.5, 0.6) is 0 Å². The largest absolute Gasteiger partial charge is 0.312 e. The zero-order valence-electron chi connectivity index (χ0n) is 15.5. The number of hydrogen-bond acceptors (Lipinski definition) is 5. The minimum absolute atomic E-state index is 0.0657. The molecule has 0 unspecified atom stereocenters. The van der Waals surface area contributed by atoms with E-state index < -0.39 is 4.92 Å². The minimum atomic E-state index is -0.506. The number of amides is 1. The van der Waals surface area contributed by atoms with Crippen LogP contribution in [0.3, 0.4) is 0 Å². The fourth-order valence-electron chi connectivity index (χ4n) is 3.44. The van der Waals surface area contributed by atoms with Crippen molar-refractivity contribution in [2.24, 2.45) is 11.3 Å². The lowest BCUT2D eigenvalue weighted by atomic mass is 9.72. The summed E-state index contributed by atoms with van der Waals surface area (Å²) in [6, 6.07) is 7.68. The second-order valence-corrected chi connectivity index (χ2v) is 8.99. The molecule has 3 rings (SSSR count). The van der Waals surface area contributed by atoms with Crippen molar-refractivity contribution in [3.05, 3.63) is 55.9 Å². The highest BCUT2D eigenvalue weighted by molar-refractivity contribution is 7.16. The predicted molar refractivity (Wildman–Crippen MR) is 105 cm³/mol. The number of thiophene rings is 1. The van der Waals surface area contributed by atoms with E-state index >= 15 is 0 Å². The molecule has 2 aromatic rings. The van der Waals surface area contributed by atoms with E-state index in [-0.39, 0.29) is 17.0 Å². The lowest BCUT2D eigenvalue weighted by molar-refractivity contribution is -0.384. The molecular formula is C20H21N3O3S. The quantitative estimate of drug-likeness (QED) is 0.600. The summed E-state index contributed by atoms with van der Waals surface area (Å²) in [6.07, 6.45) is 2.81. The number of nitro groups is 1. The molecule has 0 fully saturated rings. The van der Waals surface area contributed by atoms with Crippen LogP contribution < -0.4 is 5.32 Å². The first-order valence-corrected chi connectivity index (χ1v) is 9.62. The van der Waals surface area contributed by atoms with Gasteiger partial charge < -0.3 is 5.32 Å². The molecule has 0 aliphatic heterocycles. The molecule has 0 saturated heterocycles. The number of anilines is 1. The van der Waals surface area contributed by atoms with E-state index in [0.717, 1.165) is 24.8 Å². The zero-order chi connectivity index (χ0) is 19.8. The van der Waals surface area contributed by atoms with E-state index in [0.29, 0.717) is 22.0 Å². The topological polar surface area (TPSA) is 96.0 Å². The van der Waals surface area contributed by atoms with Crippen LogP contribution in [-0.4, -0.2) is 10.8 Å². The van der Waals surface area contributed by atoms with Gasteiger partial charge in [0, 0.05) is 22.6 Å². The first-order valence-electron chi connectivity index (χ1n) is 8.81. The smallest absolute Gasteiger partial charge is 0.269 e. The van der Waals surface area contributed by atoms with Gasteiger partial charge >= 0.3 is 0 Å². The van der Waals surface area contributed by atoms with Gasteiger partial charge in [0.25, 0.3) is 11.6 Å². The molecule has 140 valence electrons. The van der Waals surface area contributed by atoms with E-state index in [1.165, 1.54) is 40.5 Å². The summed E-state index contributed by atoms with van der Waals surface area (Å²) in [5.74, 6) is 0.181. The standard InChI is InChI=1S/C20H21N3O3S/c1-20(2,3)13-6-9-15-16(11-21)19(27-17(15)10-13)22-18(24)12-4-7-14(8-5-12)23(25)26/h4-5,7-8,13H,6,9-10H2,1-3H3,(H,22,24)/t13-/m1/s1. The molecule has 0 spiro atoms. The van der Waals surface area contributed by atoms with Gasteiger partial charge in [0.15, 0.2) is 0 Å². The van der Waals surface area contributed by atoms with Gasteiger partial charge in [-0.3, -0.25) is 14.9 Å². The second-order valence-electron chi connectivity index (χ2n) is 7.88. The lowest BCUT2D eigenvalue weighted by Gasteiger charge is -2.33. The first-order chi connectivity index (χ1) is 12.7. The SMILES string of the molecule is CC(C)(C)[C@@H]1CCc2c(sc(NC(=O)c3ccc([N+](=O)[O-])cc3)c2C#N)C1. The van der Waals surface area contributed by atoms with Crippen LogP contribution in [0, 0.1) is 32.8 Å². The number of benzene rings is 1. The summed E-state index contributed by atoms with van der Waals surface area (Å²) in [5.41, 5.74) is 2.07. The molecule has 1 N–H and O–H groups in total. The Morgan fingerprint density at radius 2 is 2.00 bits per heavy atom. The highest BCUT2D eigenvalue weighted by Crippen LogP contribution is 2.44. The number of nitrogens with zero attached hydrogens (tertiary/aromatic N) is 2. The van der Waals surface area contributed by atoms with E-state index in [9.17, 15) is 20.2 Å². The van der Waals surface area contributed by atoms with Crippen molar-refractivity contribution < 1.29 is 9.72 Å². The van der Waals surface area contributed by atoms with Crippen LogP contribution in [0.2, 0.25) is 0 Å². The van der Waals surface area contributed by atoms with Crippen molar-refractivity contribution in [1.29, 1.82) is 5.26 Å². The highest BCUT2D eigenvalue weighted by atomic mass is 32.1. The van der Waals surface area contributed by atoms with Crippen molar-refractivity contribution >= 4 is 27.9 Å². The van der Waals surface area contributed by atoms with Gasteiger partial charge in [0.2, 0.25) is 0 Å². The molecule has 0 saturated carbocycles. The van der Waals surface area contributed by atoms with Crippen LogP contribution in [0.15, 0.2) is 24.3 Å². The Labute approximate surface area is 162 Å². The second kappa shape index (κ2) is 7.12. The monoisotopic (exact) mass is 383 g/mol. The number of nitrogens with one attached hydrogen (secondary N) is 1. The third kappa shape index (κ3) is 3.86. The molecule has 0 radical (unpaired) electrons. The van der Waals surface area contributed by atoms with Gasteiger partial charge in [-0.1, -0.05) is 20.8 Å². The highest BCUT2D eigenvalue weighted by Gasteiger charge is 2.32. The minimum Gasteiger partial charge on any atom is -0.312 e. The molecule has 1 aromatic heterocycles. The summed E-state index contributed by atoms with van der Waals surface area (Å²) in [5, 5.41) is 23.7. The van der Waals surface area contributed by atoms with E-state index in [2.05, 4.69) is 32.2 Å². The molecule has 27 heavy (non-hydrogen) atoms. The summed E-state index contributed by atoms with van der Waals surface area (Å²) >= 11 is 1.47. The number of non-ortho nitro benzene ring substituents is 1. The zero-order valence-corrected chi connectivity index (χ0v) is 16.4. The Kier molecular flexibility index (Phi) is 5.03. The number of nitriles is 1. The number of fused-ring (bicyclic) bond motifs is 1. The van der Waals surface area contributed by atoms with Crippen molar-refractivity contribution in [2.75, 3.05) is 5.32 Å². The number of hydrogen-bond donors (Lipinski definition) is 1. The van der Waals surface area contributed by atoms with Crippen molar-refractivity contribution in [3.8, 4) is 6.07 Å². The molecule has 0 bridgehead atoms. The first kappa shape index (κ1) is 19.1. The molecule has 1 aliphatic carbocycles. The van der Waals surface area contributed by atoms with Crippen molar-refractivity contribution in [3.63, 3.8) is 0 Å². The Bertz CT molecular complexity index is 933. The Balaban J connectivity index is 1.84. The van der Waals surface area contributed by atoms with Crippen molar-refractivity contribution in [2.45, 2.75) is 40.0 Å². The molecule has 6 nitrogen and oxygen atoms in total. The maximum Gasteiger partial charge on any atom is 0.269 e. The van der Waals surface area contributed by atoms with Gasteiger partial charge in [0.05, 0.1) is 10.5 Å². The number of rotatable bonds is 3. The summed E-state index contributed by atoms with van der Waals surface area (Å²) in [4.78, 5) is 23.9. The molecule has 1 aliphatic rings. The van der Waals surface area contributed by atoms with Gasteiger partial charge in [-0.15, -0.1) is 11.3 Å². The molecule has 1 atom stereocenters. The van der Waals surface area contributed by atoms with Gasteiger partial charge in [-0.2, -0.15) is 5.26 Å². The third-order valence-electron chi connectivity index (χ3n) is 5.17. The summed E-state index contributed by atoms with van der Waals surface area (Å²) in [6.45, 7) is 6.70. The Morgan fingerprint density at radius 1 is 1.33 bits per heavy atom. The molecule has 7 heteroatoms. The van der Waals surface area contributed by atoms with Crippen LogP contribution in [0.25, 0.3) is 0 Å². The Hall–Kier alpha value is -2.72. The van der Waals surface area contributed by atoms with Crippen LogP contribution >= 0.6 is 11.3 Å². The van der Waals surface area contributed by atoms with E-state index in [1.54, 1.807) is 0 Å².